The van der Waals surface area contributed by atoms with Crippen LogP contribution in [-0.4, -0.2) is 18.0 Å². The van der Waals surface area contributed by atoms with Crippen LogP contribution in [0.4, 0.5) is 0 Å². The van der Waals surface area contributed by atoms with Gasteiger partial charge in [-0.1, -0.05) is 0 Å². The summed E-state index contributed by atoms with van der Waals surface area (Å²) in [7, 11) is 0. The Hall–Kier alpha value is -0.0800. The molecule has 2 fully saturated rings. The van der Waals surface area contributed by atoms with Gasteiger partial charge in [-0.2, -0.15) is 0 Å². The third-order valence-corrected chi connectivity index (χ3v) is 1.82. The van der Waals surface area contributed by atoms with Crippen LogP contribution in [0.5, 0.6) is 0 Å². The summed E-state index contributed by atoms with van der Waals surface area (Å²) in [5.74, 6) is 1.23. The zero-order valence-electron chi connectivity index (χ0n) is 4.00. The highest BCUT2D eigenvalue weighted by atomic mass is 16.6. The van der Waals surface area contributed by atoms with Gasteiger partial charge in [0, 0.05) is 5.92 Å². The van der Waals surface area contributed by atoms with Crippen LogP contribution < -0.4 is 0 Å². The van der Waals surface area contributed by atoms with Crippen LogP contribution in [-0.2, 0) is 4.74 Å². The van der Waals surface area contributed by atoms with Gasteiger partial charge in [0.1, 0.15) is 0 Å². The lowest BCUT2D eigenvalue weighted by Crippen LogP contribution is -2.07. The molecule has 40 valence electrons. The van der Waals surface area contributed by atoms with Gasteiger partial charge in [-0.25, -0.2) is 0 Å². The number of fused-ring (bicyclic) bond motifs is 1. The van der Waals surface area contributed by atoms with E-state index in [0.717, 1.165) is 12.5 Å². The van der Waals surface area contributed by atoms with E-state index in [-0.39, 0.29) is 0 Å². The molecule has 7 heavy (non-hydrogen) atoms. The number of rotatable bonds is 0. The Kier molecular flexibility index (Phi) is 0.557. The van der Waals surface area contributed by atoms with E-state index in [9.17, 15) is 0 Å². The molecular weight excluding hydrogens is 92.1 g/mol. The molecule has 0 aromatic rings. The Morgan fingerprint density at radius 2 is 2.43 bits per heavy atom. The van der Waals surface area contributed by atoms with E-state index in [2.05, 4.69) is 0 Å². The zero-order chi connectivity index (χ0) is 4.85. The molecule has 1 saturated heterocycles. The van der Waals surface area contributed by atoms with Crippen LogP contribution in [0, 0.1) is 11.8 Å². The van der Waals surface area contributed by atoms with Crippen molar-refractivity contribution in [3.05, 3.63) is 0 Å². The molecule has 2 heteroatoms. The summed E-state index contributed by atoms with van der Waals surface area (Å²) >= 11 is 0. The molecule has 0 aromatic heterocycles. The Morgan fingerprint density at radius 1 is 1.57 bits per heavy atom. The first-order valence-corrected chi connectivity index (χ1v) is 2.67. The molecule has 0 radical (unpaired) electrons. The van der Waals surface area contributed by atoms with Gasteiger partial charge in [0.15, 0.2) is 6.29 Å². The fraction of sp³-hybridized carbons (Fsp3) is 1.00. The normalized spacial score (nSPS) is 57.0. The fourth-order valence-electron chi connectivity index (χ4n) is 1.16. The molecule has 1 saturated carbocycles. The van der Waals surface area contributed by atoms with Crippen molar-refractivity contribution < 1.29 is 9.84 Å². The number of hydrogen-bond acceptors (Lipinski definition) is 2. The van der Waals surface area contributed by atoms with Gasteiger partial charge >= 0.3 is 0 Å². The van der Waals surface area contributed by atoms with Gasteiger partial charge in [0.2, 0.25) is 0 Å². The number of aliphatic hydroxyl groups excluding tert-OH is 1. The highest BCUT2D eigenvalue weighted by Gasteiger charge is 2.48. The van der Waals surface area contributed by atoms with Gasteiger partial charge in [-0.05, 0) is 12.3 Å². The molecule has 1 heterocycles. The van der Waals surface area contributed by atoms with Crippen molar-refractivity contribution in [2.24, 2.45) is 11.8 Å². The molecule has 1 aliphatic carbocycles. The lowest BCUT2D eigenvalue weighted by atomic mass is 10.4. The summed E-state index contributed by atoms with van der Waals surface area (Å²) in [5, 5.41) is 8.82. The molecule has 3 atom stereocenters. The van der Waals surface area contributed by atoms with E-state index in [0.29, 0.717) is 5.92 Å². The Balaban J connectivity index is 2.08. The predicted octanol–water partition coefficient (Wildman–Crippen LogP) is -0.0289. The van der Waals surface area contributed by atoms with E-state index < -0.39 is 6.29 Å². The summed E-state index contributed by atoms with van der Waals surface area (Å²) in [4.78, 5) is 0. The van der Waals surface area contributed by atoms with Crippen LogP contribution in [0.2, 0.25) is 0 Å². The number of ether oxygens (including phenoxy) is 1. The van der Waals surface area contributed by atoms with Gasteiger partial charge in [-0.3, -0.25) is 0 Å². The van der Waals surface area contributed by atoms with E-state index in [1.54, 1.807) is 0 Å². The summed E-state index contributed by atoms with van der Waals surface area (Å²) < 4.78 is 4.87. The largest absolute Gasteiger partial charge is 0.368 e. The number of aliphatic hydroxyl groups is 1. The SMILES string of the molecule is OC1OCC2C[C@H]21. The molecule has 1 N–H and O–H groups in total. The molecule has 0 aromatic carbocycles. The van der Waals surface area contributed by atoms with E-state index in [4.69, 9.17) is 9.84 Å². The molecule has 2 nitrogen and oxygen atoms in total. The fourth-order valence-corrected chi connectivity index (χ4v) is 1.16. The molecule has 0 spiro atoms. The van der Waals surface area contributed by atoms with Crippen LogP contribution in [0.15, 0.2) is 0 Å². The number of hydrogen-bond donors (Lipinski definition) is 1. The Morgan fingerprint density at radius 3 is 2.57 bits per heavy atom. The van der Waals surface area contributed by atoms with Gasteiger partial charge in [0.25, 0.3) is 0 Å². The van der Waals surface area contributed by atoms with Crippen LogP contribution in [0.25, 0.3) is 0 Å². The third kappa shape index (κ3) is 0.409. The minimum atomic E-state index is -0.412. The van der Waals surface area contributed by atoms with Gasteiger partial charge in [0.05, 0.1) is 6.61 Å². The molecular formula is C5H8O2. The molecule has 0 bridgehead atoms. The second-order valence-electron chi connectivity index (χ2n) is 2.38. The van der Waals surface area contributed by atoms with E-state index in [1.807, 2.05) is 0 Å². The summed E-state index contributed by atoms with van der Waals surface area (Å²) in [6, 6.07) is 0. The van der Waals surface area contributed by atoms with Crippen molar-refractivity contribution in [2.45, 2.75) is 12.7 Å². The summed E-state index contributed by atoms with van der Waals surface area (Å²) in [5.41, 5.74) is 0. The van der Waals surface area contributed by atoms with Crippen molar-refractivity contribution in [2.75, 3.05) is 6.61 Å². The summed E-state index contributed by atoms with van der Waals surface area (Å²) in [6.45, 7) is 0.797. The topological polar surface area (TPSA) is 29.5 Å². The van der Waals surface area contributed by atoms with Crippen molar-refractivity contribution in [1.82, 2.24) is 0 Å². The Bertz CT molecular complexity index is 92.1. The van der Waals surface area contributed by atoms with E-state index >= 15 is 0 Å². The minimum absolute atomic E-state index is 0.412. The first-order chi connectivity index (χ1) is 3.38. The first kappa shape index (κ1) is 3.87. The highest BCUT2D eigenvalue weighted by Crippen LogP contribution is 2.46. The van der Waals surface area contributed by atoms with Crippen LogP contribution >= 0.6 is 0 Å². The van der Waals surface area contributed by atoms with Crippen LogP contribution in [0.3, 0.4) is 0 Å². The third-order valence-electron chi connectivity index (χ3n) is 1.82. The monoisotopic (exact) mass is 100 g/mol. The van der Waals surface area contributed by atoms with E-state index in [1.165, 1.54) is 6.42 Å². The summed E-state index contributed by atoms with van der Waals surface area (Å²) in [6.07, 6.45) is 0.784. The van der Waals surface area contributed by atoms with Crippen molar-refractivity contribution in [1.29, 1.82) is 0 Å². The molecule has 1 aliphatic heterocycles. The van der Waals surface area contributed by atoms with Gasteiger partial charge in [-0.15, -0.1) is 0 Å². The minimum Gasteiger partial charge on any atom is -0.368 e. The molecule has 2 unspecified atom stereocenters. The zero-order valence-corrected chi connectivity index (χ0v) is 4.00. The van der Waals surface area contributed by atoms with Crippen molar-refractivity contribution in [3.8, 4) is 0 Å². The lowest BCUT2D eigenvalue weighted by Gasteiger charge is -2.00. The lowest BCUT2D eigenvalue weighted by molar-refractivity contribution is -0.0818. The second-order valence-corrected chi connectivity index (χ2v) is 2.38. The standard InChI is InChI=1S/C5H8O2/c6-5-4-1-3(4)2-7-5/h3-6H,1-2H2/t3?,4-,5?/m1/s1. The Labute approximate surface area is 42.1 Å². The molecule has 2 aliphatic rings. The molecule has 2 rings (SSSR count). The smallest absolute Gasteiger partial charge is 0.157 e. The average molecular weight is 100 g/mol. The van der Waals surface area contributed by atoms with Crippen LogP contribution in [0.1, 0.15) is 6.42 Å². The maximum Gasteiger partial charge on any atom is 0.157 e. The highest BCUT2D eigenvalue weighted by molar-refractivity contribution is 4.92. The van der Waals surface area contributed by atoms with Crippen molar-refractivity contribution in [3.63, 3.8) is 0 Å². The quantitative estimate of drug-likeness (QED) is 0.463. The average Bonchev–Trinajstić information content (AvgIpc) is 2.33. The maximum absolute atomic E-state index is 8.82. The first-order valence-electron chi connectivity index (χ1n) is 2.67. The molecule has 0 amide bonds. The predicted molar refractivity (Wildman–Crippen MR) is 23.6 cm³/mol. The maximum atomic E-state index is 8.82. The van der Waals surface area contributed by atoms with Gasteiger partial charge < -0.3 is 9.84 Å². The second kappa shape index (κ2) is 1.01. The van der Waals surface area contributed by atoms with Crippen molar-refractivity contribution >= 4 is 0 Å².